The van der Waals surface area contributed by atoms with Gasteiger partial charge in [-0.25, -0.2) is 0 Å². The van der Waals surface area contributed by atoms with Crippen molar-refractivity contribution >= 4 is 11.8 Å². The van der Waals surface area contributed by atoms with Crippen molar-refractivity contribution in [2.45, 2.75) is 57.6 Å². The number of hydrogen-bond donors (Lipinski definition) is 0. The molecule has 3 heterocycles. The van der Waals surface area contributed by atoms with Crippen LogP contribution < -0.4 is 4.74 Å². The fraction of sp³-hybridized carbons (Fsp3) is 0.560. The SMILES string of the molecule is O=C(C[C@H]1CN(C(=O)CCCn2cccn2)CC[C@@H]1Oc1ccccc1)N1CCCCC1. The summed E-state index contributed by atoms with van der Waals surface area (Å²) in [5.74, 6) is 1.19. The molecule has 2 aliphatic heterocycles. The summed E-state index contributed by atoms with van der Waals surface area (Å²) < 4.78 is 8.15. The van der Waals surface area contributed by atoms with E-state index in [4.69, 9.17) is 4.74 Å². The first-order chi connectivity index (χ1) is 15.7. The molecule has 32 heavy (non-hydrogen) atoms. The highest BCUT2D eigenvalue weighted by atomic mass is 16.5. The third-order valence-electron chi connectivity index (χ3n) is 6.53. The van der Waals surface area contributed by atoms with Crippen LogP contribution in [-0.2, 0) is 16.1 Å². The maximum absolute atomic E-state index is 13.0. The highest BCUT2D eigenvalue weighted by Gasteiger charge is 2.35. The van der Waals surface area contributed by atoms with Crippen molar-refractivity contribution in [2.24, 2.45) is 5.92 Å². The van der Waals surface area contributed by atoms with Gasteiger partial charge in [-0.05, 0) is 43.9 Å². The Kier molecular flexibility index (Phi) is 7.80. The second kappa shape index (κ2) is 11.2. The number of likely N-dealkylation sites (tertiary alicyclic amines) is 2. The average molecular weight is 439 g/mol. The summed E-state index contributed by atoms with van der Waals surface area (Å²) >= 11 is 0. The molecule has 2 atom stereocenters. The lowest BCUT2D eigenvalue weighted by Gasteiger charge is -2.39. The molecule has 7 nitrogen and oxygen atoms in total. The van der Waals surface area contributed by atoms with Gasteiger partial charge in [-0.2, -0.15) is 5.10 Å². The van der Waals surface area contributed by atoms with Crippen LogP contribution in [0.4, 0.5) is 0 Å². The van der Waals surface area contributed by atoms with E-state index in [1.807, 2.05) is 57.1 Å². The molecule has 1 aromatic carbocycles. The fourth-order valence-corrected chi connectivity index (χ4v) is 4.74. The highest BCUT2D eigenvalue weighted by molar-refractivity contribution is 5.78. The number of para-hydroxylation sites is 1. The fourth-order valence-electron chi connectivity index (χ4n) is 4.74. The Morgan fingerprint density at radius 2 is 1.78 bits per heavy atom. The number of aromatic nitrogens is 2. The van der Waals surface area contributed by atoms with Crippen LogP contribution in [0.25, 0.3) is 0 Å². The van der Waals surface area contributed by atoms with Crippen molar-refractivity contribution in [2.75, 3.05) is 26.2 Å². The second-order valence-electron chi connectivity index (χ2n) is 8.88. The van der Waals surface area contributed by atoms with E-state index < -0.39 is 0 Å². The van der Waals surface area contributed by atoms with Crippen LogP contribution in [-0.4, -0.2) is 63.7 Å². The number of hydrogen-bond acceptors (Lipinski definition) is 4. The summed E-state index contributed by atoms with van der Waals surface area (Å²) in [6.07, 6.45) is 9.43. The van der Waals surface area contributed by atoms with Crippen LogP contribution in [0.2, 0.25) is 0 Å². The van der Waals surface area contributed by atoms with Gasteiger partial charge in [0.15, 0.2) is 0 Å². The molecule has 0 saturated carbocycles. The van der Waals surface area contributed by atoms with E-state index in [0.717, 1.165) is 51.1 Å². The molecular formula is C25H34N4O3. The van der Waals surface area contributed by atoms with Crippen LogP contribution in [0, 0.1) is 5.92 Å². The zero-order valence-electron chi connectivity index (χ0n) is 18.8. The third-order valence-corrected chi connectivity index (χ3v) is 6.53. The van der Waals surface area contributed by atoms with Crippen molar-refractivity contribution in [3.05, 3.63) is 48.8 Å². The molecule has 0 unspecified atom stereocenters. The Bertz CT molecular complexity index is 849. The molecule has 1 aromatic heterocycles. The summed E-state index contributed by atoms with van der Waals surface area (Å²) in [6.45, 7) is 3.70. The number of piperidine rings is 2. The number of carbonyl (C=O) groups is 2. The average Bonchev–Trinajstić information content (AvgIpc) is 3.35. The quantitative estimate of drug-likeness (QED) is 0.634. The smallest absolute Gasteiger partial charge is 0.223 e. The minimum absolute atomic E-state index is 0.00782. The molecule has 2 fully saturated rings. The minimum atomic E-state index is -0.0562. The standard InChI is InChI=1S/C25H34N4O3/c30-24(11-7-16-29-17-8-13-26-29)28-18-12-23(32-22-9-3-1-4-10-22)21(20-28)19-25(31)27-14-5-2-6-15-27/h1,3-4,8-10,13,17,21,23H,2,5-7,11-12,14-16,18-20H2/t21-,23-/m0/s1. The first-order valence-electron chi connectivity index (χ1n) is 11.9. The van der Waals surface area contributed by atoms with Gasteiger partial charge < -0.3 is 14.5 Å². The van der Waals surface area contributed by atoms with Crippen LogP contribution in [0.15, 0.2) is 48.8 Å². The van der Waals surface area contributed by atoms with E-state index in [1.54, 1.807) is 6.20 Å². The molecule has 172 valence electrons. The van der Waals surface area contributed by atoms with Crippen LogP contribution in [0.5, 0.6) is 5.75 Å². The summed E-state index contributed by atoms with van der Waals surface area (Å²) in [5.41, 5.74) is 0. The molecule has 0 radical (unpaired) electrons. The van der Waals surface area contributed by atoms with E-state index in [-0.39, 0.29) is 23.8 Å². The number of rotatable bonds is 8. The van der Waals surface area contributed by atoms with Crippen molar-refractivity contribution in [1.29, 1.82) is 0 Å². The second-order valence-corrected chi connectivity index (χ2v) is 8.88. The van der Waals surface area contributed by atoms with Gasteiger partial charge in [0.25, 0.3) is 0 Å². The highest BCUT2D eigenvalue weighted by Crippen LogP contribution is 2.27. The lowest BCUT2D eigenvalue weighted by atomic mass is 9.90. The van der Waals surface area contributed by atoms with Crippen molar-refractivity contribution in [1.82, 2.24) is 19.6 Å². The summed E-state index contributed by atoms with van der Waals surface area (Å²) in [6, 6.07) is 11.7. The largest absolute Gasteiger partial charge is 0.490 e. The maximum atomic E-state index is 13.0. The van der Waals surface area contributed by atoms with E-state index in [9.17, 15) is 9.59 Å². The zero-order valence-corrected chi connectivity index (χ0v) is 18.8. The summed E-state index contributed by atoms with van der Waals surface area (Å²) in [4.78, 5) is 29.8. The Hall–Kier alpha value is -2.83. The molecular weight excluding hydrogens is 404 g/mol. The first-order valence-corrected chi connectivity index (χ1v) is 11.9. The first kappa shape index (κ1) is 22.4. The maximum Gasteiger partial charge on any atom is 0.223 e. The normalized spacial score (nSPS) is 21.4. The molecule has 2 aliphatic rings. The number of benzene rings is 1. The van der Waals surface area contributed by atoms with E-state index >= 15 is 0 Å². The number of amides is 2. The van der Waals surface area contributed by atoms with Gasteiger partial charge in [-0.15, -0.1) is 0 Å². The van der Waals surface area contributed by atoms with Gasteiger partial charge >= 0.3 is 0 Å². The molecule has 2 aromatic rings. The van der Waals surface area contributed by atoms with E-state index in [2.05, 4.69) is 5.10 Å². The summed E-state index contributed by atoms with van der Waals surface area (Å²) in [7, 11) is 0. The lowest BCUT2D eigenvalue weighted by molar-refractivity contribution is -0.139. The van der Waals surface area contributed by atoms with Gasteiger partial charge in [0, 0.05) is 70.3 Å². The van der Waals surface area contributed by atoms with E-state index in [1.165, 1.54) is 6.42 Å². The van der Waals surface area contributed by atoms with Crippen molar-refractivity contribution in [3.63, 3.8) is 0 Å². The number of ether oxygens (including phenoxy) is 1. The predicted octanol–water partition coefficient (Wildman–Crippen LogP) is 3.36. The lowest BCUT2D eigenvalue weighted by Crippen LogP contribution is -2.49. The Balaban J connectivity index is 1.36. The van der Waals surface area contributed by atoms with Crippen LogP contribution in [0.1, 0.15) is 44.9 Å². The van der Waals surface area contributed by atoms with E-state index in [0.29, 0.717) is 25.9 Å². The number of carbonyl (C=O) groups excluding carboxylic acids is 2. The Labute approximate surface area is 190 Å². The Morgan fingerprint density at radius 3 is 2.53 bits per heavy atom. The predicted molar refractivity (Wildman–Crippen MR) is 122 cm³/mol. The van der Waals surface area contributed by atoms with Gasteiger partial charge in [0.05, 0.1) is 0 Å². The molecule has 0 spiro atoms. The van der Waals surface area contributed by atoms with Crippen molar-refractivity contribution in [3.8, 4) is 5.75 Å². The molecule has 0 aliphatic carbocycles. The van der Waals surface area contributed by atoms with Gasteiger partial charge in [-0.3, -0.25) is 14.3 Å². The third kappa shape index (κ3) is 6.11. The van der Waals surface area contributed by atoms with Gasteiger partial charge in [-0.1, -0.05) is 18.2 Å². The monoisotopic (exact) mass is 438 g/mol. The van der Waals surface area contributed by atoms with Crippen LogP contribution >= 0.6 is 0 Å². The summed E-state index contributed by atoms with van der Waals surface area (Å²) in [5, 5.41) is 4.20. The number of nitrogens with zero attached hydrogens (tertiary/aromatic N) is 4. The zero-order chi connectivity index (χ0) is 22.2. The molecule has 2 amide bonds. The molecule has 0 bridgehead atoms. The van der Waals surface area contributed by atoms with Gasteiger partial charge in [0.2, 0.25) is 11.8 Å². The molecule has 0 N–H and O–H groups in total. The van der Waals surface area contributed by atoms with Gasteiger partial charge in [0.1, 0.15) is 11.9 Å². The molecule has 4 rings (SSSR count). The number of aryl methyl sites for hydroxylation is 1. The molecule has 2 saturated heterocycles. The minimum Gasteiger partial charge on any atom is -0.490 e. The van der Waals surface area contributed by atoms with Crippen molar-refractivity contribution < 1.29 is 14.3 Å². The molecule has 7 heteroatoms. The topological polar surface area (TPSA) is 67.7 Å². The van der Waals surface area contributed by atoms with Crippen LogP contribution in [0.3, 0.4) is 0 Å². The Morgan fingerprint density at radius 1 is 0.969 bits per heavy atom.